The zero-order chi connectivity index (χ0) is 8.97. The van der Waals surface area contributed by atoms with E-state index < -0.39 is 0 Å². The molecule has 0 aliphatic rings. The molecule has 1 aromatic rings. The predicted octanol–water partition coefficient (Wildman–Crippen LogP) is 1.01. The van der Waals surface area contributed by atoms with E-state index in [0.717, 1.165) is 11.1 Å². The van der Waals surface area contributed by atoms with Crippen LogP contribution in [0.2, 0.25) is 0 Å². The number of phenolic OH excluding ortho intramolecular Hbond substituents is 1. The molecule has 0 saturated carbocycles. The smallest absolute Gasteiger partial charge is 0.117 e. The van der Waals surface area contributed by atoms with Crippen molar-refractivity contribution in [3.8, 4) is 17.6 Å². The molecule has 0 bridgehead atoms. The van der Waals surface area contributed by atoms with Crippen LogP contribution in [-0.2, 0) is 0 Å². The Labute approximate surface area is 72.0 Å². The van der Waals surface area contributed by atoms with Gasteiger partial charge >= 0.3 is 0 Å². The topological polar surface area (TPSA) is 46.2 Å². The van der Waals surface area contributed by atoms with Crippen LogP contribution < -0.4 is 5.73 Å². The lowest BCUT2D eigenvalue weighted by Gasteiger charge is -1.96. The normalized spacial score (nSPS) is 8.83. The van der Waals surface area contributed by atoms with Crippen LogP contribution in [0.4, 0.5) is 0 Å². The lowest BCUT2D eigenvalue weighted by atomic mass is 10.1. The molecule has 0 aliphatic carbocycles. The van der Waals surface area contributed by atoms with Gasteiger partial charge in [0, 0.05) is 5.56 Å². The van der Waals surface area contributed by atoms with Crippen LogP contribution in [0.25, 0.3) is 0 Å². The van der Waals surface area contributed by atoms with Gasteiger partial charge < -0.3 is 10.8 Å². The van der Waals surface area contributed by atoms with Crippen molar-refractivity contribution in [2.75, 3.05) is 6.54 Å². The average molecular weight is 161 g/mol. The Balaban J connectivity index is 3.01. The first-order valence-electron chi connectivity index (χ1n) is 3.72. The molecule has 2 heteroatoms. The number of aryl methyl sites for hydroxylation is 1. The van der Waals surface area contributed by atoms with Crippen molar-refractivity contribution in [3.05, 3.63) is 29.3 Å². The molecule has 3 N–H and O–H groups in total. The van der Waals surface area contributed by atoms with Crippen LogP contribution in [0.15, 0.2) is 18.2 Å². The van der Waals surface area contributed by atoms with Crippen molar-refractivity contribution in [2.45, 2.75) is 6.92 Å². The van der Waals surface area contributed by atoms with Gasteiger partial charge in [-0.25, -0.2) is 0 Å². The van der Waals surface area contributed by atoms with Crippen LogP contribution in [0.1, 0.15) is 11.1 Å². The number of rotatable bonds is 0. The van der Waals surface area contributed by atoms with Gasteiger partial charge in [-0.15, -0.1) is 0 Å². The number of nitrogens with two attached hydrogens (primary N) is 1. The fourth-order valence-corrected chi connectivity index (χ4v) is 0.988. The Hall–Kier alpha value is -1.46. The van der Waals surface area contributed by atoms with Crippen molar-refractivity contribution in [1.82, 2.24) is 0 Å². The van der Waals surface area contributed by atoms with Crippen molar-refractivity contribution >= 4 is 0 Å². The highest BCUT2D eigenvalue weighted by Gasteiger charge is 1.92. The molecule has 62 valence electrons. The highest BCUT2D eigenvalue weighted by atomic mass is 16.3. The van der Waals surface area contributed by atoms with Gasteiger partial charge in [0.1, 0.15) is 5.75 Å². The largest absolute Gasteiger partial charge is 0.508 e. The number of benzene rings is 1. The lowest BCUT2D eigenvalue weighted by Crippen LogP contribution is -1.93. The third-order valence-electron chi connectivity index (χ3n) is 1.40. The third-order valence-corrected chi connectivity index (χ3v) is 1.40. The summed E-state index contributed by atoms with van der Waals surface area (Å²) in [4.78, 5) is 0. The molecule has 0 saturated heterocycles. The van der Waals surface area contributed by atoms with Gasteiger partial charge in [-0.05, 0) is 30.7 Å². The van der Waals surface area contributed by atoms with Crippen LogP contribution in [0.3, 0.4) is 0 Å². The van der Waals surface area contributed by atoms with E-state index >= 15 is 0 Å². The minimum atomic E-state index is 0.247. The highest BCUT2D eigenvalue weighted by molar-refractivity contribution is 5.42. The first-order valence-corrected chi connectivity index (χ1v) is 3.72. The molecule has 1 rings (SSSR count). The van der Waals surface area contributed by atoms with Crippen molar-refractivity contribution < 1.29 is 5.11 Å². The van der Waals surface area contributed by atoms with Gasteiger partial charge in [-0.1, -0.05) is 11.8 Å². The van der Waals surface area contributed by atoms with E-state index in [4.69, 9.17) is 5.73 Å². The van der Waals surface area contributed by atoms with E-state index in [1.54, 1.807) is 12.1 Å². The summed E-state index contributed by atoms with van der Waals surface area (Å²) in [6, 6.07) is 5.21. The second-order valence-electron chi connectivity index (χ2n) is 2.56. The fourth-order valence-electron chi connectivity index (χ4n) is 0.988. The van der Waals surface area contributed by atoms with E-state index in [0.29, 0.717) is 6.54 Å². The molecule has 0 aromatic heterocycles. The highest BCUT2D eigenvalue weighted by Crippen LogP contribution is 2.13. The molecule has 1 aromatic carbocycles. The molecule has 12 heavy (non-hydrogen) atoms. The summed E-state index contributed by atoms with van der Waals surface area (Å²) in [5, 5.41) is 9.19. The zero-order valence-electron chi connectivity index (χ0n) is 6.96. The Bertz CT molecular complexity index is 313. The first kappa shape index (κ1) is 8.63. The van der Waals surface area contributed by atoms with Gasteiger partial charge in [-0.3, -0.25) is 0 Å². The maximum Gasteiger partial charge on any atom is 0.117 e. The van der Waals surface area contributed by atoms with Crippen molar-refractivity contribution in [1.29, 1.82) is 0 Å². The molecule has 2 nitrogen and oxygen atoms in total. The number of hydrogen-bond acceptors (Lipinski definition) is 2. The molecule has 0 amide bonds. The van der Waals surface area contributed by atoms with Gasteiger partial charge in [-0.2, -0.15) is 0 Å². The van der Waals surface area contributed by atoms with Crippen LogP contribution >= 0.6 is 0 Å². The van der Waals surface area contributed by atoms with E-state index in [9.17, 15) is 5.11 Å². The van der Waals surface area contributed by atoms with Gasteiger partial charge in [0.25, 0.3) is 0 Å². The molecular weight excluding hydrogens is 150 g/mol. The van der Waals surface area contributed by atoms with Crippen LogP contribution in [0, 0.1) is 18.8 Å². The molecule has 0 aliphatic heterocycles. The maximum atomic E-state index is 9.19. The minimum Gasteiger partial charge on any atom is -0.508 e. The lowest BCUT2D eigenvalue weighted by molar-refractivity contribution is 0.474. The van der Waals surface area contributed by atoms with E-state index in [-0.39, 0.29) is 5.75 Å². The quantitative estimate of drug-likeness (QED) is 0.558. The predicted molar refractivity (Wildman–Crippen MR) is 48.8 cm³/mol. The molecule has 0 spiro atoms. The average Bonchev–Trinajstić information content (AvgIpc) is 1.99. The van der Waals surface area contributed by atoms with Gasteiger partial charge in [0.05, 0.1) is 6.54 Å². The van der Waals surface area contributed by atoms with E-state index in [2.05, 4.69) is 11.8 Å². The number of aromatic hydroxyl groups is 1. The van der Waals surface area contributed by atoms with E-state index in [1.807, 2.05) is 13.0 Å². The summed E-state index contributed by atoms with van der Waals surface area (Å²) in [5.74, 6) is 5.82. The molecular formula is C10H11NO. The first-order chi connectivity index (χ1) is 5.72. The molecule has 0 radical (unpaired) electrons. The zero-order valence-corrected chi connectivity index (χ0v) is 6.96. The van der Waals surface area contributed by atoms with Crippen LogP contribution in [0.5, 0.6) is 5.75 Å². The minimum absolute atomic E-state index is 0.247. The summed E-state index contributed by atoms with van der Waals surface area (Å²) in [5.41, 5.74) is 7.02. The molecule has 0 heterocycles. The molecule has 0 atom stereocenters. The summed E-state index contributed by atoms with van der Waals surface area (Å²) >= 11 is 0. The standard InChI is InChI=1S/C10H11NO/c1-8-5-9(3-2-4-11)7-10(12)6-8/h5-7,12H,4,11H2,1H3. The maximum absolute atomic E-state index is 9.19. The van der Waals surface area contributed by atoms with Crippen molar-refractivity contribution in [3.63, 3.8) is 0 Å². The summed E-state index contributed by atoms with van der Waals surface area (Å²) in [6.45, 7) is 2.25. The van der Waals surface area contributed by atoms with Gasteiger partial charge in [0.2, 0.25) is 0 Å². The Morgan fingerprint density at radius 3 is 2.75 bits per heavy atom. The molecule has 0 unspecified atom stereocenters. The molecule has 0 fully saturated rings. The fraction of sp³-hybridized carbons (Fsp3) is 0.200. The number of hydrogen-bond donors (Lipinski definition) is 2. The second kappa shape index (κ2) is 3.80. The summed E-state index contributed by atoms with van der Waals surface area (Å²) < 4.78 is 0. The number of phenols is 1. The monoisotopic (exact) mass is 161 g/mol. The Morgan fingerprint density at radius 1 is 1.42 bits per heavy atom. The SMILES string of the molecule is Cc1cc(O)cc(C#CCN)c1. The Kier molecular flexibility index (Phi) is 2.73. The van der Waals surface area contributed by atoms with Crippen LogP contribution in [-0.4, -0.2) is 11.7 Å². The summed E-state index contributed by atoms with van der Waals surface area (Å²) in [6.07, 6.45) is 0. The third kappa shape index (κ3) is 2.30. The van der Waals surface area contributed by atoms with E-state index in [1.165, 1.54) is 0 Å². The Morgan fingerprint density at radius 2 is 2.17 bits per heavy atom. The van der Waals surface area contributed by atoms with Gasteiger partial charge in [0.15, 0.2) is 0 Å². The summed E-state index contributed by atoms with van der Waals surface area (Å²) in [7, 11) is 0. The second-order valence-corrected chi connectivity index (χ2v) is 2.56. The van der Waals surface area contributed by atoms with Crippen molar-refractivity contribution in [2.24, 2.45) is 5.73 Å².